The number of fused-ring (bicyclic) bond motifs is 6. The predicted octanol–water partition coefficient (Wildman–Crippen LogP) is 7.84. The van der Waals surface area contributed by atoms with E-state index in [1.165, 1.54) is 44.1 Å². The molecule has 1 unspecified atom stereocenters. The van der Waals surface area contributed by atoms with Crippen LogP contribution in [-0.4, -0.2) is 4.98 Å². The number of benzene rings is 4. The van der Waals surface area contributed by atoms with Crippen molar-refractivity contribution >= 4 is 27.4 Å². The van der Waals surface area contributed by atoms with Gasteiger partial charge in [-0.3, -0.25) is 0 Å². The summed E-state index contributed by atoms with van der Waals surface area (Å²) in [5, 5.41) is 2.52. The van der Waals surface area contributed by atoms with Crippen molar-refractivity contribution in [2.75, 3.05) is 0 Å². The number of ether oxygens (including phenoxy) is 1. The van der Waals surface area contributed by atoms with Crippen molar-refractivity contribution < 1.29 is 4.74 Å². The molecule has 1 aromatic heterocycles. The maximum Gasteiger partial charge on any atom is 0.130 e. The fourth-order valence-corrected chi connectivity index (χ4v) is 5.20. The number of hydrogen-bond donors (Lipinski definition) is 1. The number of para-hydroxylation sites is 1. The molecule has 0 spiro atoms. The molecule has 2 aliphatic rings. The Bertz CT molecular complexity index is 1570. The van der Waals surface area contributed by atoms with Crippen LogP contribution >= 0.6 is 0 Å². The van der Waals surface area contributed by atoms with Crippen LogP contribution in [-0.2, 0) is 0 Å². The van der Waals surface area contributed by atoms with Gasteiger partial charge in [-0.2, -0.15) is 0 Å². The minimum atomic E-state index is 0.270. The number of aromatic nitrogens is 1. The quantitative estimate of drug-likeness (QED) is 0.314. The summed E-state index contributed by atoms with van der Waals surface area (Å²) in [5.41, 5.74) is 8.47. The van der Waals surface area contributed by atoms with Crippen LogP contribution < -0.4 is 4.74 Å². The van der Waals surface area contributed by atoms with Crippen molar-refractivity contribution in [3.8, 4) is 16.9 Å². The van der Waals surface area contributed by atoms with Crippen molar-refractivity contribution in [3.05, 3.63) is 120 Å². The largest absolute Gasteiger partial charge is 0.460 e. The first kappa shape index (κ1) is 17.6. The van der Waals surface area contributed by atoms with Crippen LogP contribution in [0.4, 0.5) is 0 Å². The Hall–Kier alpha value is -4.04. The zero-order chi connectivity index (χ0) is 21.1. The van der Waals surface area contributed by atoms with Crippen molar-refractivity contribution in [3.63, 3.8) is 0 Å². The summed E-state index contributed by atoms with van der Waals surface area (Å²) in [4.78, 5) is 3.57. The normalized spacial score (nSPS) is 16.9. The Morgan fingerprint density at radius 3 is 2.44 bits per heavy atom. The first-order valence-electron chi connectivity index (χ1n) is 11.1. The molecule has 1 atom stereocenters. The highest BCUT2D eigenvalue weighted by Gasteiger charge is 2.33. The molecule has 0 saturated carbocycles. The van der Waals surface area contributed by atoms with Gasteiger partial charge in [0.05, 0.1) is 0 Å². The van der Waals surface area contributed by atoms with Gasteiger partial charge >= 0.3 is 0 Å². The summed E-state index contributed by atoms with van der Waals surface area (Å²) in [6.45, 7) is 0. The Morgan fingerprint density at radius 1 is 0.688 bits per heavy atom. The second-order valence-electron chi connectivity index (χ2n) is 8.62. The molecule has 2 heterocycles. The highest BCUT2D eigenvalue weighted by Crippen LogP contribution is 2.49. The molecule has 0 amide bonds. The number of aromatic amines is 1. The molecule has 1 N–H and O–H groups in total. The second-order valence-corrected chi connectivity index (χ2v) is 8.62. The van der Waals surface area contributed by atoms with Gasteiger partial charge in [-0.05, 0) is 47.4 Å². The van der Waals surface area contributed by atoms with E-state index in [9.17, 15) is 0 Å². The van der Waals surface area contributed by atoms with E-state index in [4.69, 9.17) is 4.74 Å². The number of allylic oxidation sites excluding steroid dienone is 4. The lowest BCUT2D eigenvalue weighted by atomic mass is 9.86. The maximum atomic E-state index is 6.46. The smallest absolute Gasteiger partial charge is 0.130 e. The summed E-state index contributed by atoms with van der Waals surface area (Å²) in [6, 6.07) is 32.3. The van der Waals surface area contributed by atoms with Crippen LogP contribution in [0.15, 0.2) is 109 Å². The Kier molecular flexibility index (Phi) is 3.71. The standard InChI is InChI=1S/C30H21NO/c1-2-7-19(8-3-1)20-14-16-29-26(17-20)25-11-6-10-22(30(25)32-29)21-13-15-24-23-9-4-5-12-27(23)31-28(24)18-21/h1-10,12-18,25,31H,11H2. The van der Waals surface area contributed by atoms with E-state index in [2.05, 4.69) is 108 Å². The van der Waals surface area contributed by atoms with Gasteiger partial charge in [0, 0.05) is 38.9 Å². The maximum absolute atomic E-state index is 6.46. The number of nitrogens with one attached hydrogen (secondary N) is 1. The molecule has 0 radical (unpaired) electrons. The lowest BCUT2D eigenvalue weighted by Gasteiger charge is -2.18. The van der Waals surface area contributed by atoms with Crippen LogP contribution in [0.25, 0.3) is 38.5 Å². The fourth-order valence-electron chi connectivity index (χ4n) is 5.20. The molecular weight excluding hydrogens is 390 g/mol. The van der Waals surface area contributed by atoms with E-state index >= 15 is 0 Å². The predicted molar refractivity (Wildman–Crippen MR) is 132 cm³/mol. The highest BCUT2D eigenvalue weighted by atomic mass is 16.5. The van der Waals surface area contributed by atoms with Gasteiger partial charge in [0.25, 0.3) is 0 Å². The van der Waals surface area contributed by atoms with Gasteiger partial charge in [-0.25, -0.2) is 0 Å². The minimum Gasteiger partial charge on any atom is -0.460 e. The Balaban J connectivity index is 1.34. The molecule has 32 heavy (non-hydrogen) atoms. The van der Waals surface area contributed by atoms with E-state index in [0.29, 0.717) is 0 Å². The average Bonchev–Trinajstić information content (AvgIpc) is 3.41. The zero-order valence-corrected chi connectivity index (χ0v) is 17.5. The van der Waals surface area contributed by atoms with E-state index in [1.54, 1.807) is 0 Å². The number of rotatable bonds is 2. The van der Waals surface area contributed by atoms with Crippen LogP contribution in [0.2, 0.25) is 0 Å². The van der Waals surface area contributed by atoms with Gasteiger partial charge < -0.3 is 9.72 Å². The summed E-state index contributed by atoms with van der Waals surface area (Å²) in [5.74, 6) is 2.33. The van der Waals surface area contributed by atoms with E-state index < -0.39 is 0 Å². The molecular formula is C30H21NO. The number of hydrogen-bond acceptors (Lipinski definition) is 1. The Morgan fingerprint density at radius 2 is 1.50 bits per heavy atom. The monoisotopic (exact) mass is 411 g/mol. The minimum absolute atomic E-state index is 0.270. The molecule has 1 aliphatic heterocycles. The van der Waals surface area contributed by atoms with Crippen LogP contribution in [0.5, 0.6) is 5.75 Å². The van der Waals surface area contributed by atoms with E-state index in [1.807, 2.05) is 0 Å². The van der Waals surface area contributed by atoms with E-state index in [0.717, 1.165) is 23.4 Å². The summed E-state index contributed by atoms with van der Waals surface area (Å²) in [7, 11) is 0. The molecule has 1 aliphatic carbocycles. The Labute approximate surface area is 186 Å². The topological polar surface area (TPSA) is 25.0 Å². The zero-order valence-electron chi connectivity index (χ0n) is 17.5. The first-order valence-corrected chi connectivity index (χ1v) is 11.1. The molecule has 4 aromatic carbocycles. The number of H-pyrrole nitrogens is 1. The van der Waals surface area contributed by atoms with Crippen LogP contribution in [0.1, 0.15) is 23.5 Å². The molecule has 152 valence electrons. The third-order valence-electron chi connectivity index (χ3n) is 6.77. The second kappa shape index (κ2) is 6.73. The van der Waals surface area contributed by atoms with Crippen molar-refractivity contribution in [1.29, 1.82) is 0 Å². The van der Waals surface area contributed by atoms with Crippen molar-refractivity contribution in [1.82, 2.24) is 4.98 Å². The molecule has 0 fully saturated rings. The molecule has 2 nitrogen and oxygen atoms in total. The first-order chi connectivity index (χ1) is 15.8. The van der Waals surface area contributed by atoms with E-state index in [-0.39, 0.29) is 5.92 Å². The average molecular weight is 412 g/mol. The fraction of sp³-hybridized carbons (Fsp3) is 0.0667. The van der Waals surface area contributed by atoms with Crippen molar-refractivity contribution in [2.45, 2.75) is 12.3 Å². The lowest BCUT2D eigenvalue weighted by molar-refractivity contribution is 0.429. The van der Waals surface area contributed by atoms with Gasteiger partial charge in [-0.15, -0.1) is 0 Å². The molecule has 5 aromatic rings. The summed E-state index contributed by atoms with van der Waals surface area (Å²) < 4.78 is 6.46. The summed E-state index contributed by atoms with van der Waals surface area (Å²) in [6.07, 6.45) is 5.48. The lowest BCUT2D eigenvalue weighted by Crippen LogP contribution is -2.05. The van der Waals surface area contributed by atoms with Gasteiger partial charge in [0.15, 0.2) is 0 Å². The van der Waals surface area contributed by atoms with Crippen LogP contribution in [0.3, 0.4) is 0 Å². The van der Waals surface area contributed by atoms with Gasteiger partial charge in [0.1, 0.15) is 11.5 Å². The summed E-state index contributed by atoms with van der Waals surface area (Å²) >= 11 is 0. The van der Waals surface area contributed by atoms with Gasteiger partial charge in [0.2, 0.25) is 0 Å². The molecule has 0 bridgehead atoms. The molecule has 7 rings (SSSR count). The third-order valence-corrected chi connectivity index (χ3v) is 6.77. The van der Waals surface area contributed by atoms with Gasteiger partial charge in [-0.1, -0.05) is 78.9 Å². The highest BCUT2D eigenvalue weighted by molar-refractivity contribution is 6.08. The molecule has 2 heteroatoms. The van der Waals surface area contributed by atoms with Crippen molar-refractivity contribution in [2.24, 2.45) is 0 Å². The third kappa shape index (κ3) is 2.59. The molecule has 0 saturated heterocycles. The SMILES string of the molecule is C1=CC(c2ccc3c(c2)[nH]c2ccccc23)=C2Oc3ccc(-c4ccccc4)cc3C2C1. The van der Waals surface area contributed by atoms with Crippen LogP contribution in [0, 0.1) is 0 Å².